The predicted molar refractivity (Wildman–Crippen MR) is 66.4 cm³/mol. The zero-order chi connectivity index (χ0) is 15.2. The Bertz CT molecular complexity index is 492. The van der Waals surface area contributed by atoms with Gasteiger partial charge in [-0.2, -0.15) is 0 Å². The van der Waals surface area contributed by atoms with Crippen LogP contribution in [0.15, 0.2) is 24.3 Å². The van der Waals surface area contributed by atoms with Gasteiger partial charge in [0.15, 0.2) is 0 Å². The fourth-order valence-electron chi connectivity index (χ4n) is 1.35. The number of carbonyl (C=O) groups excluding carboxylic acids is 1. The minimum absolute atomic E-state index is 0.115. The highest BCUT2D eigenvalue weighted by molar-refractivity contribution is 5.81. The van der Waals surface area contributed by atoms with Crippen LogP contribution in [0.1, 0.15) is 12.0 Å². The number of terminal acetylenes is 1. The Morgan fingerprint density at radius 2 is 2.00 bits per heavy atom. The average molecular weight is 286 g/mol. The van der Waals surface area contributed by atoms with Gasteiger partial charge in [0, 0.05) is 13.0 Å². The van der Waals surface area contributed by atoms with Gasteiger partial charge in [-0.25, -0.2) is 0 Å². The molecule has 1 unspecified atom stereocenters. The third-order valence-corrected chi connectivity index (χ3v) is 2.30. The van der Waals surface area contributed by atoms with Crippen molar-refractivity contribution >= 4 is 5.91 Å². The van der Waals surface area contributed by atoms with E-state index in [1.807, 2.05) is 0 Å². The van der Waals surface area contributed by atoms with Crippen LogP contribution in [0.5, 0.6) is 5.75 Å². The van der Waals surface area contributed by atoms with E-state index in [0.717, 1.165) is 12.1 Å². The Hall–Kier alpha value is -2.20. The summed E-state index contributed by atoms with van der Waals surface area (Å²) in [5, 5.41) is 2.53. The van der Waals surface area contributed by atoms with Crippen LogP contribution >= 0.6 is 0 Å². The van der Waals surface area contributed by atoms with Gasteiger partial charge in [-0.05, 0) is 17.7 Å². The first kappa shape index (κ1) is 15.9. The molecule has 7 heteroatoms. The highest BCUT2D eigenvalue weighted by atomic mass is 19.4. The van der Waals surface area contributed by atoms with Gasteiger partial charge in [0.25, 0.3) is 0 Å². The van der Waals surface area contributed by atoms with Crippen LogP contribution in [0.3, 0.4) is 0 Å². The molecule has 108 valence electrons. The molecule has 1 aromatic rings. The Labute approximate surface area is 114 Å². The molecule has 0 aliphatic carbocycles. The normalized spacial score (nSPS) is 12.3. The lowest BCUT2D eigenvalue weighted by molar-refractivity contribution is -0.274. The number of rotatable bonds is 5. The van der Waals surface area contributed by atoms with Gasteiger partial charge in [-0.3, -0.25) is 4.79 Å². The molecule has 0 saturated heterocycles. The first-order valence-electron chi connectivity index (χ1n) is 5.63. The van der Waals surface area contributed by atoms with E-state index in [1.54, 1.807) is 0 Å². The number of halogens is 3. The van der Waals surface area contributed by atoms with Crippen molar-refractivity contribution < 1.29 is 22.7 Å². The fourth-order valence-corrected chi connectivity index (χ4v) is 1.35. The van der Waals surface area contributed by atoms with E-state index in [-0.39, 0.29) is 18.7 Å². The summed E-state index contributed by atoms with van der Waals surface area (Å²) >= 11 is 0. The van der Waals surface area contributed by atoms with Crippen molar-refractivity contribution in [1.29, 1.82) is 0 Å². The van der Waals surface area contributed by atoms with E-state index in [4.69, 9.17) is 12.2 Å². The summed E-state index contributed by atoms with van der Waals surface area (Å²) in [6.45, 7) is 0.142. The number of nitrogens with two attached hydrogens (primary N) is 1. The monoisotopic (exact) mass is 286 g/mol. The van der Waals surface area contributed by atoms with Crippen LogP contribution in [-0.4, -0.2) is 18.3 Å². The lowest BCUT2D eigenvalue weighted by atomic mass is 10.2. The van der Waals surface area contributed by atoms with Crippen molar-refractivity contribution in [2.24, 2.45) is 5.73 Å². The first-order chi connectivity index (χ1) is 9.31. The molecule has 0 radical (unpaired) electrons. The second kappa shape index (κ2) is 6.82. The molecule has 1 atom stereocenters. The predicted octanol–water partition coefficient (Wildman–Crippen LogP) is 1.55. The summed E-state index contributed by atoms with van der Waals surface area (Å²) in [4.78, 5) is 11.5. The summed E-state index contributed by atoms with van der Waals surface area (Å²) in [6, 6.07) is 4.35. The molecule has 1 rings (SSSR count). The zero-order valence-electron chi connectivity index (χ0n) is 10.4. The smallest absolute Gasteiger partial charge is 0.406 e. The van der Waals surface area contributed by atoms with Gasteiger partial charge in [-0.15, -0.1) is 25.5 Å². The third-order valence-electron chi connectivity index (χ3n) is 2.30. The standard InChI is InChI=1S/C13H13F3N2O2/c1-2-3-11(17)12(19)18-8-9-4-6-10(7-5-9)20-13(14,15)16/h1,4-7,11H,3,8,17H2,(H,18,19). The molecule has 4 nitrogen and oxygen atoms in total. The maximum absolute atomic E-state index is 11.9. The molecule has 1 amide bonds. The van der Waals surface area contributed by atoms with E-state index < -0.39 is 18.3 Å². The van der Waals surface area contributed by atoms with E-state index in [9.17, 15) is 18.0 Å². The number of carbonyl (C=O) groups is 1. The number of nitrogens with one attached hydrogen (secondary N) is 1. The average Bonchev–Trinajstić information content (AvgIpc) is 2.36. The highest BCUT2D eigenvalue weighted by Gasteiger charge is 2.30. The SMILES string of the molecule is C#CCC(N)C(=O)NCc1ccc(OC(F)(F)F)cc1. The van der Waals surface area contributed by atoms with Crippen LogP contribution < -0.4 is 15.8 Å². The summed E-state index contributed by atoms with van der Waals surface area (Å²) in [6.07, 6.45) is 0.417. The Morgan fingerprint density at radius 3 is 2.50 bits per heavy atom. The number of hydrogen-bond acceptors (Lipinski definition) is 3. The maximum atomic E-state index is 11.9. The highest BCUT2D eigenvalue weighted by Crippen LogP contribution is 2.22. The topological polar surface area (TPSA) is 64.4 Å². The Balaban J connectivity index is 2.50. The number of ether oxygens (including phenoxy) is 1. The fraction of sp³-hybridized carbons (Fsp3) is 0.308. The van der Waals surface area contributed by atoms with Crippen LogP contribution in [0.2, 0.25) is 0 Å². The van der Waals surface area contributed by atoms with Gasteiger partial charge in [-0.1, -0.05) is 12.1 Å². The van der Waals surface area contributed by atoms with Crippen LogP contribution in [0, 0.1) is 12.3 Å². The molecule has 0 spiro atoms. The van der Waals surface area contributed by atoms with Crippen LogP contribution in [0.25, 0.3) is 0 Å². The summed E-state index contributed by atoms with van der Waals surface area (Å²) < 4.78 is 39.6. The molecule has 0 aliphatic rings. The molecular weight excluding hydrogens is 273 g/mol. The lowest BCUT2D eigenvalue weighted by Gasteiger charge is -2.11. The van der Waals surface area contributed by atoms with Gasteiger partial charge in [0.2, 0.25) is 5.91 Å². The second-order valence-electron chi connectivity index (χ2n) is 3.92. The number of benzene rings is 1. The number of alkyl halides is 3. The molecule has 1 aromatic carbocycles. The minimum atomic E-state index is -4.72. The minimum Gasteiger partial charge on any atom is -0.406 e. The molecule has 0 bridgehead atoms. The molecular formula is C13H13F3N2O2. The van der Waals surface area contributed by atoms with Crippen molar-refractivity contribution in [1.82, 2.24) is 5.32 Å². The Kier molecular flexibility index (Phi) is 5.41. The summed E-state index contributed by atoms with van der Waals surface area (Å²) in [7, 11) is 0. The number of hydrogen-bond donors (Lipinski definition) is 2. The zero-order valence-corrected chi connectivity index (χ0v) is 10.4. The molecule has 0 aromatic heterocycles. The second-order valence-corrected chi connectivity index (χ2v) is 3.92. The summed E-state index contributed by atoms with van der Waals surface area (Å²) in [5.41, 5.74) is 6.10. The third kappa shape index (κ3) is 5.63. The van der Waals surface area contributed by atoms with Gasteiger partial charge >= 0.3 is 6.36 Å². The molecule has 0 saturated carbocycles. The Morgan fingerprint density at radius 1 is 1.40 bits per heavy atom. The van der Waals surface area contributed by atoms with Gasteiger partial charge in [0.05, 0.1) is 6.04 Å². The van der Waals surface area contributed by atoms with Crippen LogP contribution in [0.4, 0.5) is 13.2 Å². The molecule has 0 aliphatic heterocycles. The van der Waals surface area contributed by atoms with Crippen molar-refractivity contribution in [3.63, 3.8) is 0 Å². The molecule has 0 fully saturated rings. The van der Waals surface area contributed by atoms with E-state index in [2.05, 4.69) is 16.0 Å². The largest absolute Gasteiger partial charge is 0.573 e. The maximum Gasteiger partial charge on any atom is 0.573 e. The summed E-state index contributed by atoms with van der Waals surface area (Å²) in [5.74, 6) is 1.53. The quantitative estimate of drug-likeness (QED) is 0.807. The van der Waals surface area contributed by atoms with Crippen molar-refractivity contribution in [2.45, 2.75) is 25.4 Å². The molecule has 3 N–H and O–H groups in total. The van der Waals surface area contributed by atoms with Gasteiger partial charge in [0.1, 0.15) is 5.75 Å². The van der Waals surface area contributed by atoms with Crippen molar-refractivity contribution in [3.8, 4) is 18.1 Å². The van der Waals surface area contributed by atoms with E-state index in [1.165, 1.54) is 12.1 Å². The van der Waals surface area contributed by atoms with Crippen molar-refractivity contribution in [2.75, 3.05) is 0 Å². The van der Waals surface area contributed by atoms with E-state index in [0.29, 0.717) is 5.56 Å². The molecule has 0 heterocycles. The number of amides is 1. The van der Waals surface area contributed by atoms with Gasteiger partial charge < -0.3 is 15.8 Å². The van der Waals surface area contributed by atoms with E-state index >= 15 is 0 Å². The lowest BCUT2D eigenvalue weighted by Crippen LogP contribution is -2.39. The van der Waals surface area contributed by atoms with Crippen LogP contribution in [-0.2, 0) is 11.3 Å². The first-order valence-corrected chi connectivity index (χ1v) is 5.63. The van der Waals surface area contributed by atoms with Crippen molar-refractivity contribution in [3.05, 3.63) is 29.8 Å². The molecule has 20 heavy (non-hydrogen) atoms.